The zero-order valence-corrected chi connectivity index (χ0v) is 12.8. The zero-order chi connectivity index (χ0) is 15.4. The molecule has 22 heavy (non-hydrogen) atoms. The van der Waals surface area contributed by atoms with Crippen molar-refractivity contribution in [1.82, 2.24) is 10.2 Å². The van der Waals surface area contributed by atoms with Crippen molar-refractivity contribution in [3.63, 3.8) is 0 Å². The Hall–Kier alpha value is -2.62. The first-order valence-electron chi connectivity index (χ1n) is 7.50. The van der Waals surface area contributed by atoms with E-state index in [2.05, 4.69) is 46.7 Å². The van der Waals surface area contributed by atoms with Crippen LogP contribution in [0.15, 0.2) is 59.0 Å². The Kier molecular flexibility index (Phi) is 4.19. The third kappa shape index (κ3) is 3.17. The van der Waals surface area contributed by atoms with Gasteiger partial charge in [0.05, 0.1) is 0 Å². The molecule has 0 saturated carbocycles. The van der Waals surface area contributed by atoms with Gasteiger partial charge in [-0.05, 0) is 43.2 Å². The van der Waals surface area contributed by atoms with Crippen molar-refractivity contribution in [1.29, 1.82) is 0 Å². The van der Waals surface area contributed by atoms with E-state index < -0.39 is 0 Å². The number of rotatable bonds is 5. The SMILES string of the molecule is CCc1ccc(NC(C)c2nnc(-c3ccccc3)o2)cc1. The van der Waals surface area contributed by atoms with Gasteiger partial charge < -0.3 is 9.73 Å². The molecular weight excluding hydrogens is 274 g/mol. The van der Waals surface area contributed by atoms with E-state index in [0.29, 0.717) is 11.8 Å². The van der Waals surface area contributed by atoms with Gasteiger partial charge in [0.1, 0.15) is 6.04 Å². The molecule has 3 rings (SSSR count). The summed E-state index contributed by atoms with van der Waals surface area (Å²) in [6.07, 6.45) is 1.04. The Morgan fingerprint density at radius 1 is 1.00 bits per heavy atom. The van der Waals surface area contributed by atoms with E-state index in [1.165, 1.54) is 5.56 Å². The van der Waals surface area contributed by atoms with Gasteiger partial charge in [-0.1, -0.05) is 37.3 Å². The molecule has 0 saturated heterocycles. The molecule has 1 heterocycles. The first-order chi connectivity index (χ1) is 10.8. The fourth-order valence-corrected chi connectivity index (χ4v) is 2.26. The molecule has 1 unspecified atom stereocenters. The number of aromatic nitrogens is 2. The van der Waals surface area contributed by atoms with E-state index in [4.69, 9.17) is 4.42 Å². The lowest BCUT2D eigenvalue weighted by Crippen LogP contribution is -2.06. The maximum absolute atomic E-state index is 5.76. The highest BCUT2D eigenvalue weighted by molar-refractivity contribution is 5.52. The average molecular weight is 293 g/mol. The highest BCUT2D eigenvalue weighted by Crippen LogP contribution is 2.23. The van der Waals surface area contributed by atoms with E-state index in [0.717, 1.165) is 17.7 Å². The Morgan fingerprint density at radius 3 is 2.41 bits per heavy atom. The van der Waals surface area contributed by atoms with E-state index in [9.17, 15) is 0 Å². The van der Waals surface area contributed by atoms with Crippen LogP contribution in [0, 0.1) is 0 Å². The van der Waals surface area contributed by atoms with Crippen molar-refractivity contribution < 1.29 is 4.42 Å². The summed E-state index contributed by atoms with van der Waals surface area (Å²) in [5.74, 6) is 1.13. The summed E-state index contributed by atoms with van der Waals surface area (Å²) in [5, 5.41) is 11.6. The summed E-state index contributed by atoms with van der Waals surface area (Å²) in [6.45, 7) is 4.16. The number of hydrogen-bond donors (Lipinski definition) is 1. The van der Waals surface area contributed by atoms with Crippen molar-refractivity contribution in [2.75, 3.05) is 5.32 Å². The maximum Gasteiger partial charge on any atom is 0.247 e. The number of aryl methyl sites for hydroxylation is 1. The lowest BCUT2D eigenvalue weighted by Gasteiger charge is -2.11. The van der Waals surface area contributed by atoms with Crippen LogP contribution in [0.25, 0.3) is 11.5 Å². The monoisotopic (exact) mass is 293 g/mol. The van der Waals surface area contributed by atoms with Crippen LogP contribution >= 0.6 is 0 Å². The van der Waals surface area contributed by atoms with Gasteiger partial charge in [0, 0.05) is 11.3 Å². The normalized spacial score (nSPS) is 12.1. The second-order valence-corrected chi connectivity index (χ2v) is 5.23. The summed E-state index contributed by atoms with van der Waals surface area (Å²) < 4.78 is 5.76. The molecule has 4 heteroatoms. The van der Waals surface area contributed by atoms with Crippen molar-refractivity contribution in [2.45, 2.75) is 26.3 Å². The van der Waals surface area contributed by atoms with Gasteiger partial charge in [-0.3, -0.25) is 0 Å². The van der Waals surface area contributed by atoms with Gasteiger partial charge in [-0.25, -0.2) is 0 Å². The van der Waals surface area contributed by atoms with Crippen molar-refractivity contribution in [2.24, 2.45) is 0 Å². The summed E-state index contributed by atoms with van der Waals surface area (Å²) >= 11 is 0. The van der Waals surface area contributed by atoms with Crippen LogP contribution < -0.4 is 5.32 Å². The predicted octanol–water partition coefficient (Wildman–Crippen LogP) is 4.47. The molecule has 4 nitrogen and oxygen atoms in total. The Labute approximate surface area is 130 Å². The minimum Gasteiger partial charge on any atom is -0.418 e. The van der Waals surface area contributed by atoms with Crippen LogP contribution in [0.4, 0.5) is 5.69 Å². The van der Waals surface area contributed by atoms with Crippen LogP contribution in [0.5, 0.6) is 0 Å². The first kappa shape index (κ1) is 14.3. The molecule has 112 valence electrons. The molecule has 0 fully saturated rings. The van der Waals surface area contributed by atoms with E-state index in [1.807, 2.05) is 37.3 Å². The van der Waals surface area contributed by atoms with E-state index >= 15 is 0 Å². The fraction of sp³-hybridized carbons (Fsp3) is 0.222. The van der Waals surface area contributed by atoms with Gasteiger partial charge in [-0.2, -0.15) is 0 Å². The molecular formula is C18H19N3O. The molecule has 1 atom stereocenters. The zero-order valence-electron chi connectivity index (χ0n) is 12.8. The second kappa shape index (κ2) is 6.43. The standard InChI is InChI=1S/C18H19N3O/c1-3-14-9-11-16(12-10-14)19-13(2)17-20-21-18(22-17)15-7-5-4-6-8-15/h4-13,19H,3H2,1-2H3. The molecule has 0 spiro atoms. The summed E-state index contributed by atoms with van der Waals surface area (Å²) in [7, 11) is 0. The van der Waals surface area contributed by atoms with Gasteiger partial charge >= 0.3 is 0 Å². The molecule has 0 aliphatic rings. The molecule has 1 aromatic heterocycles. The fourth-order valence-electron chi connectivity index (χ4n) is 2.26. The molecule has 2 aromatic carbocycles. The van der Waals surface area contributed by atoms with Gasteiger partial charge in [-0.15, -0.1) is 10.2 Å². The Balaban J connectivity index is 1.72. The van der Waals surface area contributed by atoms with Gasteiger partial charge in [0.25, 0.3) is 0 Å². The second-order valence-electron chi connectivity index (χ2n) is 5.23. The minimum absolute atomic E-state index is 0.0440. The van der Waals surface area contributed by atoms with E-state index in [-0.39, 0.29) is 6.04 Å². The number of nitrogens with one attached hydrogen (secondary N) is 1. The Morgan fingerprint density at radius 2 is 1.73 bits per heavy atom. The Bertz CT molecular complexity index is 720. The van der Waals surface area contributed by atoms with Crippen LogP contribution in [-0.2, 0) is 6.42 Å². The highest BCUT2D eigenvalue weighted by Gasteiger charge is 2.14. The number of benzene rings is 2. The minimum atomic E-state index is -0.0440. The van der Waals surface area contributed by atoms with Crippen LogP contribution in [-0.4, -0.2) is 10.2 Å². The highest BCUT2D eigenvalue weighted by atomic mass is 16.4. The number of nitrogens with zero attached hydrogens (tertiary/aromatic N) is 2. The van der Waals surface area contributed by atoms with E-state index in [1.54, 1.807) is 0 Å². The largest absolute Gasteiger partial charge is 0.418 e. The van der Waals surface area contributed by atoms with Crippen LogP contribution in [0.2, 0.25) is 0 Å². The molecule has 3 aromatic rings. The van der Waals surface area contributed by atoms with Crippen molar-refractivity contribution in [3.8, 4) is 11.5 Å². The van der Waals surface area contributed by atoms with Gasteiger partial charge in [0.15, 0.2) is 0 Å². The third-order valence-electron chi connectivity index (χ3n) is 3.58. The lowest BCUT2D eigenvalue weighted by molar-refractivity contribution is 0.485. The maximum atomic E-state index is 5.76. The smallest absolute Gasteiger partial charge is 0.247 e. The number of hydrogen-bond acceptors (Lipinski definition) is 4. The summed E-state index contributed by atoms with van der Waals surface area (Å²) in [5.41, 5.74) is 3.30. The van der Waals surface area contributed by atoms with Crippen LogP contribution in [0.1, 0.15) is 31.3 Å². The predicted molar refractivity (Wildman–Crippen MR) is 87.6 cm³/mol. The quantitative estimate of drug-likeness (QED) is 0.754. The molecule has 0 radical (unpaired) electrons. The topological polar surface area (TPSA) is 51.0 Å². The lowest BCUT2D eigenvalue weighted by atomic mass is 10.1. The summed E-state index contributed by atoms with van der Waals surface area (Å²) in [6, 6.07) is 18.1. The molecule has 0 amide bonds. The van der Waals surface area contributed by atoms with Crippen molar-refractivity contribution in [3.05, 3.63) is 66.1 Å². The average Bonchev–Trinajstić information content (AvgIpc) is 3.06. The molecule has 0 aliphatic heterocycles. The molecule has 1 N–H and O–H groups in total. The third-order valence-corrected chi connectivity index (χ3v) is 3.58. The van der Waals surface area contributed by atoms with Gasteiger partial charge in [0.2, 0.25) is 11.8 Å². The van der Waals surface area contributed by atoms with Crippen LogP contribution in [0.3, 0.4) is 0 Å². The number of anilines is 1. The molecule has 0 bridgehead atoms. The molecule has 0 aliphatic carbocycles. The first-order valence-corrected chi connectivity index (χ1v) is 7.50. The summed E-state index contributed by atoms with van der Waals surface area (Å²) in [4.78, 5) is 0. The van der Waals surface area contributed by atoms with Crippen molar-refractivity contribution >= 4 is 5.69 Å².